The first-order chi connectivity index (χ1) is 12.3. The van der Waals surface area contributed by atoms with Gasteiger partial charge in [0.05, 0.1) is 10.8 Å². The summed E-state index contributed by atoms with van der Waals surface area (Å²) in [6.45, 7) is 7.71. The Bertz CT molecular complexity index is 821. The van der Waals surface area contributed by atoms with Gasteiger partial charge in [-0.1, -0.05) is 43.8 Å². The van der Waals surface area contributed by atoms with Crippen LogP contribution in [-0.2, 0) is 11.3 Å². The Morgan fingerprint density at radius 1 is 1.38 bits per heavy atom. The number of hydrogen-bond donors (Lipinski definition) is 2. The lowest BCUT2D eigenvalue weighted by Gasteiger charge is -2.18. The number of halogens is 1. The summed E-state index contributed by atoms with van der Waals surface area (Å²) in [5.74, 6) is -0.708. The lowest BCUT2D eigenvalue weighted by atomic mass is 10.1. The molecule has 1 heterocycles. The van der Waals surface area contributed by atoms with E-state index in [1.165, 1.54) is 6.07 Å². The third-order valence-electron chi connectivity index (χ3n) is 3.49. The lowest BCUT2D eigenvalue weighted by Crippen LogP contribution is -2.42. The molecule has 0 radical (unpaired) electrons. The minimum Gasteiger partial charge on any atom is -0.351 e. The zero-order valence-corrected chi connectivity index (χ0v) is 15.3. The van der Waals surface area contributed by atoms with Crippen LogP contribution < -0.4 is 11.1 Å². The third kappa shape index (κ3) is 4.48. The molecule has 2 rings (SSSR count). The van der Waals surface area contributed by atoms with Gasteiger partial charge < -0.3 is 5.73 Å². The highest BCUT2D eigenvalue weighted by atomic mass is 32.2. The van der Waals surface area contributed by atoms with Crippen LogP contribution in [0.5, 0.6) is 0 Å². The molecule has 0 aliphatic carbocycles. The van der Waals surface area contributed by atoms with E-state index in [9.17, 15) is 14.0 Å². The van der Waals surface area contributed by atoms with Crippen molar-refractivity contribution in [2.45, 2.75) is 30.8 Å². The number of aromatic nitrogens is 3. The van der Waals surface area contributed by atoms with Gasteiger partial charge >= 0.3 is 6.03 Å². The molecule has 138 valence electrons. The van der Waals surface area contributed by atoms with E-state index in [0.717, 1.165) is 11.8 Å². The fourth-order valence-corrected chi connectivity index (χ4v) is 3.35. The van der Waals surface area contributed by atoms with Crippen LogP contribution in [0.2, 0.25) is 0 Å². The zero-order valence-electron chi connectivity index (χ0n) is 14.5. The second kappa shape index (κ2) is 8.61. The van der Waals surface area contributed by atoms with Crippen LogP contribution in [0, 0.1) is 11.7 Å². The number of rotatable bonds is 7. The van der Waals surface area contributed by atoms with Crippen LogP contribution in [-0.4, -0.2) is 32.0 Å². The molecule has 1 aromatic carbocycles. The number of nitrogens with zero attached hydrogens (tertiary/aromatic N) is 3. The van der Waals surface area contributed by atoms with Gasteiger partial charge in [0.25, 0.3) is 0 Å². The molecule has 9 heteroatoms. The number of benzene rings is 1. The predicted molar refractivity (Wildman–Crippen MR) is 97.8 cm³/mol. The molecule has 26 heavy (non-hydrogen) atoms. The van der Waals surface area contributed by atoms with Crippen molar-refractivity contribution in [2.75, 3.05) is 0 Å². The van der Waals surface area contributed by atoms with Crippen molar-refractivity contribution >= 4 is 23.7 Å². The number of imide groups is 1. The molecule has 0 spiro atoms. The molecule has 3 amide bonds. The number of urea groups is 1. The van der Waals surface area contributed by atoms with Gasteiger partial charge in [-0.25, -0.2) is 9.18 Å². The van der Waals surface area contributed by atoms with E-state index in [4.69, 9.17) is 5.73 Å². The van der Waals surface area contributed by atoms with Gasteiger partial charge in [0, 0.05) is 6.54 Å². The molecule has 0 aliphatic heterocycles. The zero-order chi connectivity index (χ0) is 19.3. The number of carbonyl (C=O) groups is 2. The van der Waals surface area contributed by atoms with Crippen LogP contribution in [0.15, 0.2) is 42.1 Å². The quantitative estimate of drug-likeness (QED) is 0.570. The van der Waals surface area contributed by atoms with Crippen LogP contribution in [0.4, 0.5) is 9.18 Å². The Balaban J connectivity index is 2.40. The molecule has 7 nitrogen and oxygen atoms in total. The number of nitrogens with one attached hydrogen (secondary N) is 1. The largest absolute Gasteiger partial charge is 0.351 e. The molecule has 0 saturated heterocycles. The topological polar surface area (TPSA) is 103 Å². The van der Waals surface area contributed by atoms with E-state index in [-0.39, 0.29) is 5.92 Å². The van der Waals surface area contributed by atoms with Crippen LogP contribution >= 0.6 is 11.8 Å². The molecular weight excluding hydrogens is 357 g/mol. The van der Waals surface area contributed by atoms with Gasteiger partial charge in [-0.2, -0.15) is 0 Å². The van der Waals surface area contributed by atoms with Gasteiger partial charge in [-0.15, -0.1) is 16.8 Å². The summed E-state index contributed by atoms with van der Waals surface area (Å²) in [5.41, 5.74) is 5.33. The first-order valence-corrected chi connectivity index (χ1v) is 8.79. The van der Waals surface area contributed by atoms with E-state index < -0.39 is 23.0 Å². The average Bonchev–Trinajstić information content (AvgIpc) is 2.95. The molecule has 1 unspecified atom stereocenters. The number of hydrogen-bond acceptors (Lipinski definition) is 5. The molecule has 0 fully saturated rings. The van der Waals surface area contributed by atoms with Crippen LogP contribution in [0.25, 0.3) is 11.4 Å². The van der Waals surface area contributed by atoms with Crippen LogP contribution in [0.3, 0.4) is 0 Å². The van der Waals surface area contributed by atoms with Crippen LogP contribution in [0.1, 0.15) is 13.8 Å². The second-order valence-electron chi connectivity index (χ2n) is 5.82. The Labute approximate surface area is 154 Å². The van der Waals surface area contributed by atoms with Crippen molar-refractivity contribution in [2.24, 2.45) is 11.7 Å². The fraction of sp³-hybridized carbons (Fsp3) is 0.294. The third-order valence-corrected chi connectivity index (χ3v) is 5.01. The summed E-state index contributed by atoms with van der Waals surface area (Å²) in [4.78, 5) is 23.2. The first kappa shape index (κ1) is 19.6. The minimum atomic E-state index is -0.916. The van der Waals surface area contributed by atoms with Gasteiger partial charge in [0.2, 0.25) is 5.91 Å². The normalized spacial score (nSPS) is 12.0. The molecule has 1 atom stereocenters. The highest BCUT2D eigenvalue weighted by Gasteiger charge is 2.28. The molecule has 0 aliphatic rings. The van der Waals surface area contributed by atoms with Crippen molar-refractivity contribution in [3.05, 3.63) is 42.7 Å². The standard InChI is InChI=1S/C17H20FN5O2S/c1-4-9-23-14(11-7-5-6-8-12(11)18)21-22-17(23)26-13(10(2)3)15(24)20-16(19)25/h4-8,10,13H,1,9H2,2-3H3,(H3,19,20,24,25). The molecule has 3 N–H and O–H groups in total. The highest BCUT2D eigenvalue weighted by molar-refractivity contribution is 8.00. The Hall–Kier alpha value is -2.68. The molecule has 2 aromatic rings. The number of amides is 3. The van der Waals surface area contributed by atoms with Crippen molar-refractivity contribution in [1.82, 2.24) is 20.1 Å². The summed E-state index contributed by atoms with van der Waals surface area (Å²) in [6, 6.07) is 5.32. The number of allylic oxidation sites excluding steroid dienone is 1. The van der Waals surface area contributed by atoms with Crippen molar-refractivity contribution in [3.63, 3.8) is 0 Å². The van der Waals surface area contributed by atoms with Crippen molar-refractivity contribution in [1.29, 1.82) is 0 Å². The number of thioether (sulfide) groups is 1. The Kier molecular flexibility index (Phi) is 6.51. The first-order valence-electron chi connectivity index (χ1n) is 7.91. The fourth-order valence-electron chi connectivity index (χ4n) is 2.31. The summed E-state index contributed by atoms with van der Waals surface area (Å²) >= 11 is 1.13. The minimum absolute atomic E-state index is 0.106. The maximum Gasteiger partial charge on any atom is 0.318 e. The van der Waals surface area contributed by atoms with E-state index in [1.807, 2.05) is 13.8 Å². The summed E-state index contributed by atoms with van der Waals surface area (Å²) in [6.07, 6.45) is 1.63. The summed E-state index contributed by atoms with van der Waals surface area (Å²) in [7, 11) is 0. The van der Waals surface area contributed by atoms with E-state index in [2.05, 4.69) is 22.1 Å². The van der Waals surface area contributed by atoms with Gasteiger partial charge in [0.1, 0.15) is 5.82 Å². The summed E-state index contributed by atoms with van der Waals surface area (Å²) in [5, 5.41) is 10.1. The second-order valence-corrected chi connectivity index (χ2v) is 6.93. The number of carbonyl (C=O) groups excluding carboxylic acids is 2. The molecule has 0 bridgehead atoms. The van der Waals surface area contributed by atoms with Gasteiger partial charge in [0.15, 0.2) is 11.0 Å². The number of nitrogens with two attached hydrogens (primary N) is 1. The monoisotopic (exact) mass is 377 g/mol. The van der Waals surface area contributed by atoms with Crippen molar-refractivity contribution in [3.8, 4) is 11.4 Å². The smallest absolute Gasteiger partial charge is 0.318 e. The summed E-state index contributed by atoms with van der Waals surface area (Å²) < 4.78 is 15.8. The molecule has 1 aromatic heterocycles. The van der Waals surface area contributed by atoms with E-state index in [1.54, 1.807) is 28.8 Å². The average molecular weight is 377 g/mol. The highest BCUT2D eigenvalue weighted by Crippen LogP contribution is 2.31. The van der Waals surface area contributed by atoms with E-state index >= 15 is 0 Å². The predicted octanol–water partition coefficient (Wildman–Crippen LogP) is 2.58. The Morgan fingerprint density at radius 2 is 2.08 bits per heavy atom. The maximum absolute atomic E-state index is 14.1. The van der Waals surface area contributed by atoms with E-state index in [0.29, 0.717) is 23.1 Å². The number of primary amides is 1. The van der Waals surface area contributed by atoms with Gasteiger partial charge in [-0.05, 0) is 18.1 Å². The SMILES string of the molecule is C=CCn1c(SC(C(=O)NC(N)=O)C(C)C)nnc1-c1ccccc1F. The Morgan fingerprint density at radius 3 is 2.65 bits per heavy atom. The molecular formula is C17H20FN5O2S. The van der Waals surface area contributed by atoms with Crippen molar-refractivity contribution < 1.29 is 14.0 Å². The maximum atomic E-state index is 14.1. The lowest BCUT2D eigenvalue weighted by molar-refractivity contribution is -0.120. The van der Waals surface area contributed by atoms with Gasteiger partial charge in [-0.3, -0.25) is 14.7 Å². The molecule has 0 saturated carbocycles.